The molecule has 136 valence electrons. The molecule has 1 aromatic heterocycles. The third-order valence-corrected chi connectivity index (χ3v) is 8.72. The summed E-state index contributed by atoms with van der Waals surface area (Å²) in [5, 5.41) is -0.129. The van der Waals surface area contributed by atoms with Crippen LogP contribution in [0.1, 0.15) is 33.4 Å². The zero-order valence-corrected chi connectivity index (χ0v) is 16.4. The van der Waals surface area contributed by atoms with Crippen molar-refractivity contribution in [1.29, 1.82) is 0 Å². The highest BCUT2D eigenvalue weighted by atomic mass is 28.4. The van der Waals surface area contributed by atoms with Crippen LogP contribution in [0.5, 0.6) is 5.75 Å². The Bertz CT molecular complexity index is 599. The van der Waals surface area contributed by atoms with E-state index in [0.717, 1.165) is 0 Å². The van der Waals surface area contributed by atoms with Gasteiger partial charge in [0.25, 0.3) is 0 Å². The van der Waals surface area contributed by atoms with Gasteiger partial charge in [0.15, 0.2) is 14.9 Å². The van der Waals surface area contributed by atoms with E-state index in [2.05, 4.69) is 11.6 Å². The predicted octanol–water partition coefficient (Wildman–Crippen LogP) is 4.73. The molecule has 2 N–H and O–H groups in total. The quantitative estimate of drug-likeness (QED) is 0.716. The molecule has 24 heavy (non-hydrogen) atoms. The van der Waals surface area contributed by atoms with Crippen LogP contribution in [-0.4, -0.2) is 32.4 Å². The third kappa shape index (κ3) is 5.27. The summed E-state index contributed by atoms with van der Waals surface area (Å²) in [6.45, 7) is 13.9. The number of nitrogen functional groups attached to an aromatic ring is 1. The molecular formula is C17H28F2N2O2Si. The minimum absolute atomic E-state index is 0.129. The smallest absolute Gasteiger partial charge is 0.302 e. The molecule has 0 aliphatic rings. The fourth-order valence-electron chi connectivity index (χ4n) is 1.65. The number of aromatic nitrogens is 1. The number of anilines is 1. The number of pyridine rings is 1. The summed E-state index contributed by atoms with van der Waals surface area (Å²) in [5.41, 5.74) is 7.21. The van der Waals surface area contributed by atoms with E-state index in [1.807, 2.05) is 33.9 Å². The second-order valence-electron chi connectivity index (χ2n) is 7.55. The van der Waals surface area contributed by atoms with E-state index in [1.54, 1.807) is 6.92 Å². The summed E-state index contributed by atoms with van der Waals surface area (Å²) in [4.78, 5) is 4.07. The van der Waals surface area contributed by atoms with Gasteiger partial charge in [0, 0.05) is 12.3 Å². The second-order valence-corrected chi connectivity index (χ2v) is 12.4. The fourth-order valence-corrected chi connectivity index (χ4v) is 2.65. The maximum Gasteiger partial charge on any atom is 0.302 e. The Labute approximate surface area is 144 Å². The van der Waals surface area contributed by atoms with Crippen molar-refractivity contribution in [2.24, 2.45) is 0 Å². The van der Waals surface area contributed by atoms with E-state index in [0.29, 0.717) is 11.3 Å². The minimum atomic E-state index is -3.10. The van der Waals surface area contributed by atoms with Gasteiger partial charge in [-0.2, -0.15) is 0 Å². The van der Waals surface area contributed by atoms with Gasteiger partial charge in [-0.25, -0.2) is 8.78 Å². The normalized spacial score (nSPS) is 13.0. The Kier molecular flexibility index (Phi) is 6.16. The number of hydrogen-bond acceptors (Lipinski definition) is 4. The van der Waals surface area contributed by atoms with Gasteiger partial charge >= 0.3 is 5.92 Å². The van der Waals surface area contributed by atoms with Crippen LogP contribution in [0, 0.1) is 0 Å². The van der Waals surface area contributed by atoms with Gasteiger partial charge < -0.3 is 14.9 Å². The average Bonchev–Trinajstić information content (AvgIpc) is 2.43. The minimum Gasteiger partial charge on any atom is -0.485 e. The van der Waals surface area contributed by atoms with Crippen molar-refractivity contribution in [3.63, 3.8) is 0 Å². The van der Waals surface area contributed by atoms with Crippen molar-refractivity contribution in [2.45, 2.75) is 51.7 Å². The molecule has 0 amide bonds. The lowest BCUT2D eigenvalue weighted by Crippen LogP contribution is -2.45. The van der Waals surface area contributed by atoms with Crippen LogP contribution in [0.25, 0.3) is 5.57 Å². The molecule has 0 radical (unpaired) electrons. The lowest BCUT2D eigenvalue weighted by atomic mass is 10.2. The summed E-state index contributed by atoms with van der Waals surface area (Å²) in [6.07, 6.45) is 1.46. The van der Waals surface area contributed by atoms with Crippen molar-refractivity contribution < 1.29 is 17.9 Å². The topological polar surface area (TPSA) is 57.4 Å². The van der Waals surface area contributed by atoms with E-state index in [1.165, 1.54) is 12.3 Å². The Morgan fingerprint density at radius 2 is 1.88 bits per heavy atom. The summed E-state index contributed by atoms with van der Waals surface area (Å²) in [7, 11) is -2.24. The van der Waals surface area contributed by atoms with Gasteiger partial charge in [0.2, 0.25) is 0 Å². The van der Waals surface area contributed by atoms with Gasteiger partial charge in [-0.3, -0.25) is 4.98 Å². The number of rotatable bonds is 7. The summed E-state index contributed by atoms with van der Waals surface area (Å²) in [6, 6.07) is 1.46. The summed E-state index contributed by atoms with van der Waals surface area (Å²) >= 11 is 0. The molecule has 4 nitrogen and oxygen atoms in total. The molecular weight excluding hydrogens is 330 g/mol. The van der Waals surface area contributed by atoms with Crippen LogP contribution in [0.2, 0.25) is 18.1 Å². The standard InChI is InChI=1S/C17H28F2N2O2Si/c1-12(2)15-14(20)13(8-9-21-15)22-10-17(18,19)11-23-24(6,7)16(3,4)5/h8-9H,1,10-11,20H2,2-7H3. The maximum atomic E-state index is 14.1. The molecule has 0 saturated heterocycles. The molecule has 1 rings (SSSR count). The van der Waals surface area contributed by atoms with Crippen LogP contribution in [-0.2, 0) is 4.43 Å². The zero-order chi connectivity index (χ0) is 18.8. The molecule has 0 aromatic carbocycles. The molecule has 1 heterocycles. The Balaban J connectivity index is 2.73. The second kappa shape index (κ2) is 7.19. The van der Waals surface area contributed by atoms with E-state index in [4.69, 9.17) is 14.9 Å². The molecule has 0 fully saturated rings. The third-order valence-electron chi connectivity index (χ3n) is 4.24. The number of ether oxygens (including phenoxy) is 1. The first-order valence-electron chi connectivity index (χ1n) is 7.82. The monoisotopic (exact) mass is 358 g/mol. The summed E-state index contributed by atoms with van der Waals surface area (Å²) < 4.78 is 39.0. The van der Waals surface area contributed by atoms with Crippen LogP contribution in [0.15, 0.2) is 18.8 Å². The fraction of sp³-hybridized carbons (Fsp3) is 0.588. The highest BCUT2D eigenvalue weighted by Crippen LogP contribution is 2.37. The van der Waals surface area contributed by atoms with Gasteiger partial charge in [-0.1, -0.05) is 27.4 Å². The molecule has 0 saturated carbocycles. The maximum absolute atomic E-state index is 14.1. The van der Waals surface area contributed by atoms with E-state index in [-0.39, 0.29) is 16.5 Å². The molecule has 0 aliphatic heterocycles. The van der Waals surface area contributed by atoms with Crippen molar-refractivity contribution in [3.8, 4) is 5.75 Å². The number of halogens is 2. The van der Waals surface area contributed by atoms with E-state index < -0.39 is 27.5 Å². The highest BCUT2D eigenvalue weighted by Gasteiger charge is 2.41. The lowest BCUT2D eigenvalue weighted by molar-refractivity contribution is -0.0759. The molecule has 7 heteroatoms. The molecule has 0 aliphatic carbocycles. The number of hydrogen-bond donors (Lipinski definition) is 1. The van der Waals surface area contributed by atoms with Crippen molar-refractivity contribution in [2.75, 3.05) is 18.9 Å². The lowest BCUT2D eigenvalue weighted by Gasteiger charge is -2.37. The number of alkyl halides is 2. The number of nitrogens with two attached hydrogens (primary N) is 1. The predicted molar refractivity (Wildman–Crippen MR) is 96.9 cm³/mol. The van der Waals surface area contributed by atoms with Gasteiger partial charge in [-0.15, -0.1) is 0 Å². The summed E-state index contributed by atoms with van der Waals surface area (Å²) in [5.74, 6) is -2.93. The molecule has 0 spiro atoms. The Morgan fingerprint density at radius 1 is 1.29 bits per heavy atom. The average molecular weight is 359 g/mol. The zero-order valence-electron chi connectivity index (χ0n) is 15.4. The Hall–Kier alpha value is -1.47. The van der Waals surface area contributed by atoms with Crippen molar-refractivity contribution in [3.05, 3.63) is 24.5 Å². The first kappa shape index (κ1) is 20.6. The van der Waals surface area contributed by atoms with Gasteiger partial charge in [-0.05, 0) is 30.6 Å². The van der Waals surface area contributed by atoms with Crippen LogP contribution < -0.4 is 10.5 Å². The van der Waals surface area contributed by atoms with Crippen molar-refractivity contribution >= 4 is 19.6 Å². The highest BCUT2D eigenvalue weighted by molar-refractivity contribution is 6.74. The van der Waals surface area contributed by atoms with E-state index >= 15 is 0 Å². The first-order chi connectivity index (χ1) is 10.8. The Morgan fingerprint density at radius 3 is 2.38 bits per heavy atom. The SMILES string of the molecule is C=C(C)c1nccc(OCC(F)(F)CO[Si](C)(C)C(C)(C)C)c1N. The van der Waals surface area contributed by atoms with Crippen molar-refractivity contribution in [1.82, 2.24) is 4.98 Å². The number of nitrogens with zero attached hydrogens (tertiary/aromatic N) is 1. The van der Waals surface area contributed by atoms with Gasteiger partial charge in [0.05, 0.1) is 5.69 Å². The van der Waals surface area contributed by atoms with Crippen LogP contribution >= 0.6 is 0 Å². The number of allylic oxidation sites excluding steroid dienone is 1. The van der Waals surface area contributed by atoms with E-state index in [9.17, 15) is 8.78 Å². The largest absolute Gasteiger partial charge is 0.485 e. The molecule has 0 unspecified atom stereocenters. The first-order valence-corrected chi connectivity index (χ1v) is 10.7. The van der Waals surface area contributed by atoms with Gasteiger partial charge in [0.1, 0.15) is 18.0 Å². The molecule has 0 bridgehead atoms. The van der Waals surface area contributed by atoms with Crippen LogP contribution in [0.3, 0.4) is 0 Å². The van der Waals surface area contributed by atoms with Crippen LogP contribution in [0.4, 0.5) is 14.5 Å². The molecule has 1 aromatic rings. The molecule has 0 atom stereocenters.